The second-order valence-corrected chi connectivity index (χ2v) is 5.29. The number of hydrogen-bond acceptors (Lipinski definition) is 4. The molecule has 0 saturated carbocycles. The molecule has 0 radical (unpaired) electrons. The molecule has 0 fully saturated rings. The largest absolute Gasteiger partial charge is 1.00 e. The minimum atomic E-state index is -3.83. The summed E-state index contributed by atoms with van der Waals surface area (Å²) < 4.78 is 47.9. The van der Waals surface area contributed by atoms with Crippen LogP contribution in [0.15, 0.2) is 0 Å². The molecule has 4 N–H and O–H groups in total. The SMILES string of the molecule is O=S(O)(O)=S.O=S(O)(O)=S.[H-].[Li+]. The van der Waals surface area contributed by atoms with E-state index >= 15 is 0 Å². The number of rotatable bonds is 0. The van der Waals surface area contributed by atoms with E-state index in [0.717, 1.165) is 0 Å². The van der Waals surface area contributed by atoms with Gasteiger partial charge in [0.2, 0.25) is 0 Å². The van der Waals surface area contributed by atoms with Crippen LogP contribution in [0.3, 0.4) is 0 Å². The third-order valence-corrected chi connectivity index (χ3v) is 0. The zero-order valence-corrected chi connectivity index (χ0v) is 8.50. The normalized spacial score (nSPS) is 10.5. The van der Waals surface area contributed by atoms with Crippen molar-refractivity contribution in [3.05, 3.63) is 0 Å². The molecular formula is H5LiO6S4. The maximum atomic E-state index is 9.11. The fraction of sp³-hybridized carbons (Fsp3) is 0. The van der Waals surface area contributed by atoms with Crippen molar-refractivity contribution in [2.45, 2.75) is 0 Å². The van der Waals surface area contributed by atoms with Gasteiger partial charge in [-0.3, -0.25) is 18.2 Å². The fourth-order valence-corrected chi connectivity index (χ4v) is 0. The van der Waals surface area contributed by atoms with Gasteiger partial charge in [-0.25, -0.2) is 0 Å². The predicted molar refractivity (Wildman–Crippen MR) is 42.6 cm³/mol. The third-order valence-electron chi connectivity index (χ3n) is 0. The van der Waals surface area contributed by atoms with Crippen LogP contribution in [-0.2, 0) is 40.5 Å². The Morgan fingerprint density at radius 2 is 0.909 bits per heavy atom. The van der Waals surface area contributed by atoms with Gasteiger partial charge < -0.3 is 1.43 Å². The molecule has 11 heavy (non-hydrogen) atoms. The van der Waals surface area contributed by atoms with Gasteiger partial charge in [0.25, 0.3) is 18.1 Å². The molecule has 0 aromatic carbocycles. The molecule has 0 aliphatic heterocycles. The van der Waals surface area contributed by atoms with E-state index in [9.17, 15) is 0 Å². The Morgan fingerprint density at radius 1 is 0.909 bits per heavy atom. The molecular weight excluding hydrogens is 231 g/mol. The molecule has 0 atom stereocenters. The molecule has 0 aliphatic rings. The van der Waals surface area contributed by atoms with Crippen LogP contribution in [0, 0.1) is 0 Å². The van der Waals surface area contributed by atoms with Crippen molar-refractivity contribution in [1.82, 2.24) is 0 Å². The average molecular weight is 236 g/mol. The minimum absolute atomic E-state index is 0. The molecule has 0 rings (SSSR count). The van der Waals surface area contributed by atoms with E-state index in [1.807, 2.05) is 0 Å². The first-order valence-corrected chi connectivity index (χ1v) is 6.19. The Bertz CT molecular complexity index is 216. The molecule has 0 unspecified atom stereocenters. The molecule has 0 saturated heterocycles. The summed E-state index contributed by atoms with van der Waals surface area (Å²) >= 11 is 6.93. The van der Waals surface area contributed by atoms with Gasteiger partial charge in [-0.1, -0.05) is 0 Å². The molecule has 0 heterocycles. The first-order valence-electron chi connectivity index (χ1n) is 1.40. The van der Waals surface area contributed by atoms with Crippen molar-refractivity contribution in [2.24, 2.45) is 0 Å². The van der Waals surface area contributed by atoms with Crippen molar-refractivity contribution in [3.8, 4) is 0 Å². The van der Waals surface area contributed by atoms with E-state index in [-0.39, 0.29) is 20.3 Å². The van der Waals surface area contributed by atoms with Crippen molar-refractivity contribution < 1.29 is 46.9 Å². The Labute approximate surface area is 87.1 Å². The topological polar surface area (TPSA) is 115 Å². The Balaban J connectivity index is -0.0000000457. The summed E-state index contributed by atoms with van der Waals surface area (Å²) in [7, 11) is -7.67. The smallest absolute Gasteiger partial charge is 1.00 e. The van der Waals surface area contributed by atoms with Crippen LogP contribution in [0.1, 0.15) is 1.43 Å². The summed E-state index contributed by atoms with van der Waals surface area (Å²) in [6, 6.07) is 0. The summed E-state index contributed by atoms with van der Waals surface area (Å²) in [5, 5.41) is 0. The van der Waals surface area contributed by atoms with Crippen molar-refractivity contribution in [3.63, 3.8) is 0 Å². The van der Waals surface area contributed by atoms with E-state index in [4.69, 9.17) is 26.6 Å². The summed E-state index contributed by atoms with van der Waals surface area (Å²) in [6.07, 6.45) is 0. The third kappa shape index (κ3) is 679. The van der Waals surface area contributed by atoms with Gasteiger partial charge in [-0.15, -0.1) is 0 Å². The van der Waals surface area contributed by atoms with Crippen LogP contribution < -0.4 is 18.9 Å². The van der Waals surface area contributed by atoms with Crippen LogP contribution in [0.5, 0.6) is 0 Å². The monoisotopic (exact) mass is 236 g/mol. The molecule has 66 valence electrons. The number of hydrogen-bond donors (Lipinski definition) is 4. The van der Waals surface area contributed by atoms with Gasteiger partial charge in [0.1, 0.15) is 0 Å². The Kier molecular flexibility index (Phi) is 10.9. The quantitative estimate of drug-likeness (QED) is 0.320. The Hall–Kier alpha value is 1.18. The maximum absolute atomic E-state index is 9.11. The second kappa shape index (κ2) is 6.67. The van der Waals surface area contributed by atoms with E-state index in [1.54, 1.807) is 0 Å². The zero-order chi connectivity index (χ0) is 9.00. The Morgan fingerprint density at radius 3 is 0.909 bits per heavy atom. The second-order valence-electron chi connectivity index (χ2n) is 0.896. The van der Waals surface area contributed by atoms with Gasteiger partial charge >= 0.3 is 18.9 Å². The first kappa shape index (κ1) is 18.1. The van der Waals surface area contributed by atoms with E-state index in [2.05, 4.69) is 22.4 Å². The predicted octanol–water partition coefficient (Wildman–Crippen LogP) is -3.53. The first-order chi connectivity index (χ1) is 4.00. The van der Waals surface area contributed by atoms with Gasteiger partial charge in [-0.2, -0.15) is 8.42 Å². The van der Waals surface area contributed by atoms with Crippen molar-refractivity contribution in [2.75, 3.05) is 0 Å². The molecule has 0 amide bonds. The summed E-state index contributed by atoms with van der Waals surface area (Å²) in [6.45, 7) is 0. The van der Waals surface area contributed by atoms with Crippen LogP contribution in [-0.4, -0.2) is 26.6 Å². The summed E-state index contributed by atoms with van der Waals surface area (Å²) in [5.74, 6) is 0. The standard InChI is InChI=1S/Li.2H2O3S2.H/c;2*1-5(2,3)4;/h;2*(H2,1,2,3,4);/q+1;;;-1. The van der Waals surface area contributed by atoms with Crippen molar-refractivity contribution in [1.29, 1.82) is 0 Å². The van der Waals surface area contributed by atoms with Gasteiger partial charge in [0, 0.05) is 22.4 Å². The zero-order valence-electron chi connectivity index (χ0n) is 6.24. The van der Waals surface area contributed by atoms with E-state index < -0.39 is 18.1 Å². The molecule has 11 heteroatoms. The minimum Gasteiger partial charge on any atom is -1.00 e. The molecule has 6 nitrogen and oxygen atoms in total. The summed E-state index contributed by atoms with van der Waals surface area (Å²) in [4.78, 5) is 0. The van der Waals surface area contributed by atoms with Gasteiger partial charge in [0.05, 0.1) is 0 Å². The van der Waals surface area contributed by atoms with Gasteiger partial charge in [-0.05, 0) is 0 Å². The van der Waals surface area contributed by atoms with Crippen LogP contribution in [0.25, 0.3) is 0 Å². The molecule has 0 aromatic heterocycles. The summed E-state index contributed by atoms with van der Waals surface area (Å²) in [5.41, 5.74) is 0. The van der Waals surface area contributed by atoms with Crippen LogP contribution in [0.2, 0.25) is 0 Å². The van der Waals surface area contributed by atoms with Gasteiger partial charge in [0.15, 0.2) is 0 Å². The molecule has 0 bridgehead atoms. The van der Waals surface area contributed by atoms with Crippen LogP contribution in [0.4, 0.5) is 0 Å². The van der Waals surface area contributed by atoms with Crippen molar-refractivity contribution >= 4 is 40.5 Å². The average Bonchev–Trinajstić information content (AvgIpc) is 1.12. The van der Waals surface area contributed by atoms with E-state index in [1.165, 1.54) is 0 Å². The van der Waals surface area contributed by atoms with E-state index in [0.29, 0.717) is 0 Å². The molecule has 0 spiro atoms. The molecule has 0 aliphatic carbocycles. The maximum Gasteiger partial charge on any atom is 1.00 e. The van der Waals surface area contributed by atoms with Crippen LogP contribution >= 0.6 is 0 Å². The fourth-order valence-electron chi connectivity index (χ4n) is 0. The molecule has 0 aromatic rings.